The maximum absolute atomic E-state index is 8.85. The zero-order valence-corrected chi connectivity index (χ0v) is 10.4. The van der Waals surface area contributed by atoms with Gasteiger partial charge in [-0.3, -0.25) is 0 Å². The Kier molecular flexibility index (Phi) is 6.09. The highest BCUT2D eigenvalue weighted by Gasteiger charge is 2.00. The van der Waals surface area contributed by atoms with E-state index in [1.807, 2.05) is 11.4 Å². The van der Waals surface area contributed by atoms with Crippen molar-refractivity contribution >= 4 is 11.3 Å². The number of thiophene rings is 1. The van der Waals surface area contributed by atoms with Gasteiger partial charge in [-0.05, 0) is 31.4 Å². The van der Waals surface area contributed by atoms with Crippen LogP contribution in [0.4, 0.5) is 0 Å². The largest absolute Gasteiger partial charge is 0.396 e. The van der Waals surface area contributed by atoms with E-state index in [2.05, 4.69) is 18.3 Å². The van der Waals surface area contributed by atoms with Gasteiger partial charge in [0, 0.05) is 23.4 Å². The van der Waals surface area contributed by atoms with Gasteiger partial charge in [0.2, 0.25) is 0 Å². The normalized spacial score (nSPS) is 12.3. The number of nitriles is 1. The smallest absolute Gasteiger partial charge is 0.100 e. The lowest BCUT2D eigenvalue weighted by Gasteiger charge is -2.07. The SMILES string of the molecule is CC(CO)CCCNCc1cc(C#N)cs1. The second kappa shape index (κ2) is 7.39. The first kappa shape index (κ1) is 13.2. The van der Waals surface area contributed by atoms with Crippen molar-refractivity contribution in [2.45, 2.75) is 26.3 Å². The van der Waals surface area contributed by atoms with Crippen LogP contribution >= 0.6 is 11.3 Å². The van der Waals surface area contributed by atoms with E-state index in [1.165, 1.54) is 4.88 Å². The fraction of sp³-hybridized carbons (Fsp3) is 0.583. The van der Waals surface area contributed by atoms with Gasteiger partial charge >= 0.3 is 0 Å². The van der Waals surface area contributed by atoms with Crippen molar-refractivity contribution < 1.29 is 5.11 Å². The van der Waals surface area contributed by atoms with E-state index in [4.69, 9.17) is 10.4 Å². The Hall–Kier alpha value is -0.890. The Morgan fingerprint density at radius 2 is 2.44 bits per heavy atom. The Morgan fingerprint density at radius 3 is 3.06 bits per heavy atom. The number of nitrogens with one attached hydrogen (secondary N) is 1. The van der Waals surface area contributed by atoms with Crippen LogP contribution in [-0.2, 0) is 6.54 Å². The fourth-order valence-electron chi connectivity index (χ4n) is 1.41. The lowest BCUT2D eigenvalue weighted by atomic mass is 10.1. The zero-order chi connectivity index (χ0) is 11.8. The van der Waals surface area contributed by atoms with E-state index < -0.39 is 0 Å². The molecule has 0 saturated heterocycles. The molecule has 0 saturated carbocycles. The second-order valence-electron chi connectivity index (χ2n) is 4.02. The minimum absolute atomic E-state index is 0.274. The molecular formula is C12H18N2OS. The summed E-state index contributed by atoms with van der Waals surface area (Å²) in [5.41, 5.74) is 0.746. The predicted octanol–water partition coefficient (Wildman–Crippen LogP) is 2.12. The molecule has 0 aromatic carbocycles. The predicted molar refractivity (Wildman–Crippen MR) is 66.2 cm³/mol. The molecule has 0 aliphatic heterocycles. The third kappa shape index (κ3) is 4.75. The molecule has 0 radical (unpaired) electrons. The molecule has 1 unspecified atom stereocenters. The van der Waals surface area contributed by atoms with E-state index in [0.717, 1.165) is 31.5 Å². The van der Waals surface area contributed by atoms with Crippen LogP contribution in [0.15, 0.2) is 11.4 Å². The van der Waals surface area contributed by atoms with Crippen LogP contribution in [0, 0.1) is 17.2 Å². The Bertz CT molecular complexity index is 343. The summed E-state index contributed by atoms with van der Waals surface area (Å²) in [6, 6.07) is 4.05. The highest BCUT2D eigenvalue weighted by Crippen LogP contribution is 2.13. The average Bonchev–Trinajstić information content (AvgIpc) is 2.76. The molecule has 0 spiro atoms. The highest BCUT2D eigenvalue weighted by atomic mass is 32.1. The van der Waals surface area contributed by atoms with E-state index in [-0.39, 0.29) is 6.61 Å². The van der Waals surface area contributed by atoms with Crippen molar-refractivity contribution in [3.63, 3.8) is 0 Å². The van der Waals surface area contributed by atoms with Crippen molar-refractivity contribution in [3.05, 3.63) is 21.9 Å². The molecule has 1 atom stereocenters. The third-order valence-electron chi connectivity index (χ3n) is 2.44. The van der Waals surface area contributed by atoms with E-state index >= 15 is 0 Å². The summed E-state index contributed by atoms with van der Waals surface area (Å²) in [5, 5.41) is 22.7. The second-order valence-corrected chi connectivity index (χ2v) is 5.02. The first-order valence-electron chi connectivity index (χ1n) is 5.55. The standard InChI is InChI=1S/C12H18N2OS/c1-10(8-15)3-2-4-14-7-12-5-11(6-13)9-16-12/h5,9-10,14-15H,2-4,7-8H2,1H3. The lowest BCUT2D eigenvalue weighted by Crippen LogP contribution is -2.15. The van der Waals surface area contributed by atoms with Gasteiger partial charge in [0.25, 0.3) is 0 Å². The first-order valence-corrected chi connectivity index (χ1v) is 6.43. The summed E-state index contributed by atoms with van der Waals surface area (Å²) in [6.45, 7) is 4.12. The minimum Gasteiger partial charge on any atom is -0.396 e. The number of rotatable bonds is 7. The summed E-state index contributed by atoms with van der Waals surface area (Å²) in [4.78, 5) is 1.20. The van der Waals surface area contributed by atoms with Gasteiger partial charge in [-0.15, -0.1) is 11.3 Å². The minimum atomic E-state index is 0.274. The molecule has 0 aliphatic carbocycles. The van der Waals surface area contributed by atoms with Crippen LogP contribution in [0.1, 0.15) is 30.2 Å². The molecule has 88 valence electrons. The molecule has 0 amide bonds. The van der Waals surface area contributed by atoms with Crippen molar-refractivity contribution in [1.82, 2.24) is 5.32 Å². The Balaban J connectivity index is 2.09. The summed E-state index contributed by atoms with van der Waals surface area (Å²) in [5.74, 6) is 0.397. The van der Waals surface area contributed by atoms with Crippen LogP contribution < -0.4 is 5.32 Å². The van der Waals surface area contributed by atoms with Gasteiger partial charge in [0.15, 0.2) is 0 Å². The van der Waals surface area contributed by atoms with Gasteiger partial charge in [0.05, 0.1) is 5.56 Å². The number of hydrogen-bond donors (Lipinski definition) is 2. The summed E-state index contributed by atoms with van der Waals surface area (Å²) in [6.07, 6.45) is 2.13. The quantitative estimate of drug-likeness (QED) is 0.715. The van der Waals surface area contributed by atoms with Crippen LogP contribution in [-0.4, -0.2) is 18.3 Å². The van der Waals surface area contributed by atoms with Gasteiger partial charge in [0.1, 0.15) is 6.07 Å². The van der Waals surface area contributed by atoms with Crippen LogP contribution in [0.5, 0.6) is 0 Å². The third-order valence-corrected chi connectivity index (χ3v) is 3.38. The van der Waals surface area contributed by atoms with Crippen LogP contribution in [0.25, 0.3) is 0 Å². The van der Waals surface area contributed by atoms with Gasteiger partial charge in [-0.25, -0.2) is 0 Å². The first-order chi connectivity index (χ1) is 7.76. The molecule has 4 heteroatoms. The van der Waals surface area contributed by atoms with Gasteiger partial charge < -0.3 is 10.4 Å². The molecule has 3 nitrogen and oxygen atoms in total. The number of nitrogens with zero attached hydrogens (tertiary/aromatic N) is 1. The Labute approximate surface area is 101 Å². The maximum Gasteiger partial charge on any atom is 0.100 e. The van der Waals surface area contributed by atoms with E-state index in [9.17, 15) is 0 Å². The number of aliphatic hydroxyl groups excluding tert-OH is 1. The highest BCUT2D eigenvalue weighted by molar-refractivity contribution is 7.10. The number of hydrogen-bond acceptors (Lipinski definition) is 4. The van der Waals surface area contributed by atoms with Crippen LogP contribution in [0.3, 0.4) is 0 Å². The van der Waals surface area contributed by atoms with Gasteiger partial charge in [-0.2, -0.15) is 5.26 Å². The molecule has 0 bridgehead atoms. The van der Waals surface area contributed by atoms with Crippen molar-refractivity contribution in [2.75, 3.05) is 13.2 Å². The molecule has 16 heavy (non-hydrogen) atoms. The van der Waals surface area contributed by atoms with Crippen molar-refractivity contribution in [3.8, 4) is 6.07 Å². The zero-order valence-electron chi connectivity index (χ0n) is 9.57. The molecule has 1 heterocycles. The van der Waals surface area contributed by atoms with E-state index in [0.29, 0.717) is 5.92 Å². The maximum atomic E-state index is 8.85. The number of aliphatic hydroxyl groups is 1. The average molecular weight is 238 g/mol. The topological polar surface area (TPSA) is 56.0 Å². The van der Waals surface area contributed by atoms with Gasteiger partial charge in [-0.1, -0.05) is 6.92 Å². The monoisotopic (exact) mass is 238 g/mol. The Morgan fingerprint density at radius 1 is 1.62 bits per heavy atom. The fourth-order valence-corrected chi connectivity index (χ4v) is 2.19. The molecule has 2 N–H and O–H groups in total. The van der Waals surface area contributed by atoms with Crippen molar-refractivity contribution in [2.24, 2.45) is 5.92 Å². The molecule has 0 aliphatic rings. The molecule has 1 aromatic heterocycles. The van der Waals surface area contributed by atoms with Crippen molar-refractivity contribution in [1.29, 1.82) is 5.26 Å². The molecule has 1 aromatic rings. The summed E-state index contributed by atoms with van der Waals surface area (Å²) >= 11 is 1.62. The lowest BCUT2D eigenvalue weighted by molar-refractivity contribution is 0.228. The van der Waals surface area contributed by atoms with Crippen LogP contribution in [0.2, 0.25) is 0 Å². The van der Waals surface area contributed by atoms with E-state index in [1.54, 1.807) is 11.3 Å². The summed E-state index contributed by atoms with van der Waals surface area (Å²) < 4.78 is 0. The summed E-state index contributed by atoms with van der Waals surface area (Å²) in [7, 11) is 0. The molecule has 0 fully saturated rings. The molecule has 1 rings (SSSR count). The molecular weight excluding hydrogens is 220 g/mol.